The summed E-state index contributed by atoms with van der Waals surface area (Å²) < 4.78 is 0. The maximum absolute atomic E-state index is 11.7. The van der Waals surface area contributed by atoms with Crippen LogP contribution in [-0.2, 0) is 0 Å². The molecule has 0 bridgehead atoms. The van der Waals surface area contributed by atoms with Crippen LogP contribution in [0.4, 0.5) is 0 Å². The van der Waals surface area contributed by atoms with Gasteiger partial charge in [-0.15, -0.1) is 0 Å². The summed E-state index contributed by atoms with van der Waals surface area (Å²) in [7, 11) is 0. The highest BCUT2D eigenvalue weighted by molar-refractivity contribution is 5.94. The lowest BCUT2D eigenvalue weighted by Gasteiger charge is -2.11. The van der Waals surface area contributed by atoms with Crippen LogP contribution in [0.5, 0.6) is 0 Å². The van der Waals surface area contributed by atoms with Crippen LogP contribution in [0.25, 0.3) is 0 Å². The van der Waals surface area contributed by atoms with Gasteiger partial charge in [-0.25, -0.2) is 0 Å². The monoisotopic (exact) mass is 219 g/mol. The molecule has 88 valence electrons. The van der Waals surface area contributed by atoms with Crippen LogP contribution in [0, 0.1) is 0 Å². The van der Waals surface area contributed by atoms with Gasteiger partial charge in [0.25, 0.3) is 5.91 Å². The molecule has 1 aromatic rings. The van der Waals surface area contributed by atoms with Crippen LogP contribution in [-0.4, -0.2) is 11.9 Å². The van der Waals surface area contributed by atoms with E-state index in [0.29, 0.717) is 5.92 Å². The summed E-state index contributed by atoms with van der Waals surface area (Å²) in [5.74, 6) is 0.563. The summed E-state index contributed by atoms with van der Waals surface area (Å²) in [6, 6.07) is 8.08. The van der Waals surface area contributed by atoms with Gasteiger partial charge in [-0.05, 0) is 43.9 Å². The van der Waals surface area contributed by atoms with Crippen molar-refractivity contribution in [2.75, 3.05) is 0 Å². The maximum atomic E-state index is 11.7. The number of carbonyl (C=O) groups is 1. The summed E-state index contributed by atoms with van der Waals surface area (Å²) in [4.78, 5) is 11.7. The Hall–Kier alpha value is -1.31. The zero-order valence-electron chi connectivity index (χ0n) is 10.6. The second-order valence-electron chi connectivity index (χ2n) is 4.56. The molecular formula is C14H21NO. The van der Waals surface area contributed by atoms with Gasteiger partial charge in [0.05, 0.1) is 0 Å². The Labute approximate surface area is 98.1 Å². The SMILES string of the molecule is CCC(C)c1ccc(C(=O)NC(C)C)cc1. The summed E-state index contributed by atoms with van der Waals surface area (Å²) in [6.45, 7) is 8.30. The van der Waals surface area contributed by atoms with Gasteiger partial charge in [-0.2, -0.15) is 0 Å². The van der Waals surface area contributed by atoms with Crippen LogP contribution in [0.3, 0.4) is 0 Å². The predicted octanol–water partition coefficient (Wildman–Crippen LogP) is 3.34. The van der Waals surface area contributed by atoms with E-state index >= 15 is 0 Å². The number of benzene rings is 1. The van der Waals surface area contributed by atoms with E-state index in [9.17, 15) is 4.79 Å². The molecule has 0 aliphatic heterocycles. The quantitative estimate of drug-likeness (QED) is 0.826. The minimum absolute atomic E-state index is 0.00528. The number of rotatable bonds is 4. The second-order valence-corrected chi connectivity index (χ2v) is 4.56. The zero-order chi connectivity index (χ0) is 12.1. The Morgan fingerprint density at radius 1 is 1.19 bits per heavy atom. The fourth-order valence-corrected chi connectivity index (χ4v) is 1.54. The molecule has 0 spiro atoms. The van der Waals surface area contributed by atoms with E-state index in [1.54, 1.807) is 0 Å². The molecule has 0 fully saturated rings. The van der Waals surface area contributed by atoms with Gasteiger partial charge < -0.3 is 5.32 Å². The number of hydrogen-bond donors (Lipinski definition) is 1. The van der Waals surface area contributed by atoms with Crippen molar-refractivity contribution in [1.82, 2.24) is 5.32 Å². The molecule has 0 saturated carbocycles. The van der Waals surface area contributed by atoms with E-state index in [0.717, 1.165) is 12.0 Å². The van der Waals surface area contributed by atoms with Crippen molar-refractivity contribution in [3.8, 4) is 0 Å². The third kappa shape index (κ3) is 3.37. The molecule has 2 nitrogen and oxygen atoms in total. The molecular weight excluding hydrogens is 198 g/mol. The largest absolute Gasteiger partial charge is 0.350 e. The van der Waals surface area contributed by atoms with Crippen molar-refractivity contribution in [1.29, 1.82) is 0 Å². The first-order valence-corrected chi connectivity index (χ1v) is 5.95. The minimum Gasteiger partial charge on any atom is -0.350 e. The lowest BCUT2D eigenvalue weighted by molar-refractivity contribution is 0.0943. The number of carbonyl (C=O) groups excluding carboxylic acids is 1. The minimum atomic E-state index is 0.00528. The molecule has 16 heavy (non-hydrogen) atoms. The van der Waals surface area contributed by atoms with E-state index < -0.39 is 0 Å². The fourth-order valence-electron chi connectivity index (χ4n) is 1.54. The van der Waals surface area contributed by atoms with Gasteiger partial charge in [0.2, 0.25) is 0 Å². The first-order valence-electron chi connectivity index (χ1n) is 5.95. The van der Waals surface area contributed by atoms with Crippen LogP contribution in [0.2, 0.25) is 0 Å². The number of nitrogens with one attached hydrogen (secondary N) is 1. The van der Waals surface area contributed by atoms with Crippen molar-refractivity contribution in [3.63, 3.8) is 0 Å². The Bertz CT molecular complexity index is 340. The summed E-state index contributed by atoms with van der Waals surface area (Å²) in [5.41, 5.74) is 2.03. The van der Waals surface area contributed by atoms with Gasteiger partial charge >= 0.3 is 0 Å². The highest BCUT2D eigenvalue weighted by Crippen LogP contribution is 2.18. The Morgan fingerprint density at radius 2 is 1.75 bits per heavy atom. The molecule has 0 aromatic heterocycles. The van der Waals surface area contributed by atoms with Crippen LogP contribution in [0.1, 0.15) is 56.0 Å². The molecule has 0 aliphatic rings. The fraction of sp³-hybridized carbons (Fsp3) is 0.500. The number of amides is 1. The molecule has 1 unspecified atom stereocenters. The first-order chi connectivity index (χ1) is 7.54. The molecule has 0 radical (unpaired) electrons. The second kappa shape index (κ2) is 5.69. The van der Waals surface area contributed by atoms with Crippen LogP contribution in [0.15, 0.2) is 24.3 Å². The first kappa shape index (κ1) is 12.8. The van der Waals surface area contributed by atoms with Gasteiger partial charge in [0.15, 0.2) is 0 Å². The molecule has 0 aliphatic carbocycles. The van der Waals surface area contributed by atoms with E-state index in [1.807, 2.05) is 38.1 Å². The van der Waals surface area contributed by atoms with Gasteiger partial charge in [-0.1, -0.05) is 26.0 Å². The van der Waals surface area contributed by atoms with E-state index in [2.05, 4.69) is 19.2 Å². The molecule has 0 saturated heterocycles. The van der Waals surface area contributed by atoms with Crippen molar-refractivity contribution in [2.45, 2.75) is 46.1 Å². The van der Waals surface area contributed by atoms with Crippen molar-refractivity contribution in [3.05, 3.63) is 35.4 Å². The third-order valence-electron chi connectivity index (χ3n) is 2.77. The van der Waals surface area contributed by atoms with Crippen molar-refractivity contribution >= 4 is 5.91 Å². The average molecular weight is 219 g/mol. The Balaban J connectivity index is 2.74. The summed E-state index contributed by atoms with van der Waals surface area (Å²) in [6.07, 6.45) is 1.12. The third-order valence-corrected chi connectivity index (χ3v) is 2.77. The predicted molar refractivity (Wildman–Crippen MR) is 67.8 cm³/mol. The normalized spacial score (nSPS) is 12.6. The Kier molecular flexibility index (Phi) is 4.53. The molecule has 0 heterocycles. The zero-order valence-corrected chi connectivity index (χ0v) is 10.6. The number of hydrogen-bond acceptors (Lipinski definition) is 1. The van der Waals surface area contributed by atoms with E-state index in [1.165, 1.54) is 5.56 Å². The highest BCUT2D eigenvalue weighted by atomic mass is 16.1. The highest BCUT2D eigenvalue weighted by Gasteiger charge is 2.08. The smallest absolute Gasteiger partial charge is 0.251 e. The van der Waals surface area contributed by atoms with Crippen molar-refractivity contribution in [2.24, 2.45) is 0 Å². The van der Waals surface area contributed by atoms with E-state index in [4.69, 9.17) is 0 Å². The summed E-state index contributed by atoms with van der Waals surface area (Å²) in [5, 5.41) is 2.88. The topological polar surface area (TPSA) is 29.1 Å². The lowest BCUT2D eigenvalue weighted by Crippen LogP contribution is -2.29. The van der Waals surface area contributed by atoms with Crippen LogP contribution >= 0.6 is 0 Å². The maximum Gasteiger partial charge on any atom is 0.251 e. The molecule has 1 N–H and O–H groups in total. The Morgan fingerprint density at radius 3 is 2.19 bits per heavy atom. The van der Waals surface area contributed by atoms with Crippen molar-refractivity contribution < 1.29 is 4.79 Å². The van der Waals surface area contributed by atoms with Gasteiger partial charge in [0.1, 0.15) is 0 Å². The van der Waals surface area contributed by atoms with Gasteiger partial charge in [-0.3, -0.25) is 4.79 Å². The molecule has 1 atom stereocenters. The average Bonchev–Trinajstić information content (AvgIpc) is 2.27. The standard InChI is InChI=1S/C14H21NO/c1-5-11(4)12-6-8-13(9-7-12)14(16)15-10(2)3/h6-11H,5H2,1-4H3,(H,15,16). The van der Waals surface area contributed by atoms with E-state index in [-0.39, 0.29) is 11.9 Å². The molecule has 1 amide bonds. The lowest BCUT2D eigenvalue weighted by atomic mass is 9.97. The molecule has 2 heteroatoms. The van der Waals surface area contributed by atoms with Crippen LogP contribution < -0.4 is 5.32 Å². The van der Waals surface area contributed by atoms with Gasteiger partial charge in [0, 0.05) is 11.6 Å². The molecule has 1 aromatic carbocycles. The molecule has 1 rings (SSSR count). The summed E-state index contributed by atoms with van der Waals surface area (Å²) >= 11 is 0.